The third-order valence-electron chi connectivity index (χ3n) is 5.28. The first kappa shape index (κ1) is 16.3. The Morgan fingerprint density at radius 1 is 1.15 bits per heavy atom. The number of rotatable bonds is 4. The van der Waals surface area contributed by atoms with E-state index in [1.165, 1.54) is 38.6 Å². The van der Waals surface area contributed by atoms with Crippen molar-refractivity contribution in [3.63, 3.8) is 0 Å². The van der Waals surface area contributed by atoms with Gasteiger partial charge in [0.2, 0.25) is 0 Å². The van der Waals surface area contributed by atoms with Crippen LogP contribution in [0.4, 0.5) is 0 Å². The maximum Gasteiger partial charge on any atom is 0.0589 e. The van der Waals surface area contributed by atoms with Crippen LogP contribution in [0.1, 0.15) is 52.9 Å². The number of ether oxygens (including phenoxy) is 1. The molecule has 1 saturated heterocycles. The lowest BCUT2D eigenvalue weighted by molar-refractivity contribution is 0.0266. The van der Waals surface area contributed by atoms with Crippen LogP contribution in [0.3, 0.4) is 0 Å². The van der Waals surface area contributed by atoms with Gasteiger partial charge in [0, 0.05) is 38.8 Å². The minimum absolute atomic E-state index is 0.336. The van der Waals surface area contributed by atoms with Crippen LogP contribution in [-0.4, -0.2) is 50.3 Å². The molecule has 1 N–H and O–H groups in total. The van der Waals surface area contributed by atoms with Crippen molar-refractivity contribution in [2.75, 3.05) is 33.4 Å². The molecule has 2 aliphatic rings. The molecule has 0 aromatic rings. The number of hydrogen-bond acceptors (Lipinski definition) is 3. The molecule has 3 heteroatoms. The van der Waals surface area contributed by atoms with Gasteiger partial charge in [-0.2, -0.15) is 0 Å². The lowest BCUT2D eigenvalue weighted by Crippen LogP contribution is -2.62. The molecule has 0 amide bonds. The van der Waals surface area contributed by atoms with E-state index in [1.54, 1.807) is 0 Å². The number of nitrogens with zero attached hydrogens (tertiary/aromatic N) is 1. The molecule has 0 aromatic carbocycles. The first-order valence-corrected chi connectivity index (χ1v) is 8.48. The van der Waals surface area contributed by atoms with Gasteiger partial charge >= 0.3 is 0 Å². The Bertz CT molecular complexity index is 281. The monoisotopic (exact) mass is 282 g/mol. The Morgan fingerprint density at radius 3 is 2.45 bits per heavy atom. The van der Waals surface area contributed by atoms with Crippen molar-refractivity contribution >= 4 is 0 Å². The molecule has 20 heavy (non-hydrogen) atoms. The predicted octanol–water partition coefficient (Wildman–Crippen LogP) is 2.90. The summed E-state index contributed by atoms with van der Waals surface area (Å²) in [6.45, 7) is 11.3. The van der Waals surface area contributed by atoms with Gasteiger partial charge in [0.1, 0.15) is 0 Å². The Hall–Kier alpha value is -0.120. The normalized spacial score (nSPS) is 30.6. The standard InChI is InChI=1S/C17H34N2O/c1-17(2,3)16-13-19(10-11-20-4)15(12-18-16)14-8-6-5-7-9-14/h14-16,18H,5-13H2,1-4H3. The van der Waals surface area contributed by atoms with E-state index in [-0.39, 0.29) is 0 Å². The molecule has 0 aromatic heterocycles. The second-order valence-corrected chi connectivity index (χ2v) is 7.78. The summed E-state index contributed by atoms with van der Waals surface area (Å²) in [5.74, 6) is 0.897. The van der Waals surface area contributed by atoms with Crippen molar-refractivity contribution in [3.8, 4) is 0 Å². The summed E-state index contributed by atoms with van der Waals surface area (Å²) in [6.07, 6.45) is 7.16. The SMILES string of the molecule is COCCN1CC(C(C)(C)C)NCC1C1CCCCC1. The number of piperazine rings is 1. The highest BCUT2D eigenvalue weighted by Crippen LogP contribution is 2.32. The maximum atomic E-state index is 5.34. The molecule has 1 aliphatic heterocycles. The number of methoxy groups -OCH3 is 1. The van der Waals surface area contributed by atoms with E-state index in [2.05, 4.69) is 31.0 Å². The Labute approximate surface area is 125 Å². The third-order valence-corrected chi connectivity index (χ3v) is 5.28. The van der Waals surface area contributed by atoms with E-state index in [0.717, 1.165) is 31.7 Å². The fraction of sp³-hybridized carbons (Fsp3) is 1.00. The van der Waals surface area contributed by atoms with Gasteiger partial charge in [-0.1, -0.05) is 40.0 Å². The molecule has 0 bridgehead atoms. The largest absolute Gasteiger partial charge is 0.383 e. The minimum atomic E-state index is 0.336. The van der Waals surface area contributed by atoms with Crippen molar-refractivity contribution in [1.29, 1.82) is 0 Å². The van der Waals surface area contributed by atoms with E-state index in [4.69, 9.17) is 4.74 Å². The number of hydrogen-bond donors (Lipinski definition) is 1. The molecule has 2 atom stereocenters. The van der Waals surface area contributed by atoms with Gasteiger partial charge in [-0.15, -0.1) is 0 Å². The van der Waals surface area contributed by atoms with Crippen LogP contribution in [0.15, 0.2) is 0 Å². The average Bonchev–Trinajstić information content (AvgIpc) is 2.45. The van der Waals surface area contributed by atoms with Crippen molar-refractivity contribution < 1.29 is 4.74 Å². The van der Waals surface area contributed by atoms with Gasteiger partial charge < -0.3 is 10.1 Å². The molecule has 2 fully saturated rings. The average molecular weight is 282 g/mol. The van der Waals surface area contributed by atoms with Gasteiger partial charge in [-0.05, 0) is 24.2 Å². The lowest BCUT2D eigenvalue weighted by Gasteiger charge is -2.48. The second kappa shape index (κ2) is 7.24. The Morgan fingerprint density at radius 2 is 1.85 bits per heavy atom. The third kappa shape index (κ3) is 4.19. The molecule has 118 valence electrons. The van der Waals surface area contributed by atoms with Crippen molar-refractivity contribution in [2.24, 2.45) is 11.3 Å². The van der Waals surface area contributed by atoms with Crippen LogP contribution in [0.2, 0.25) is 0 Å². The van der Waals surface area contributed by atoms with E-state index in [0.29, 0.717) is 11.5 Å². The summed E-state index contributed by atoms with van der Waals surface area (Å²) in [7, 11) is 1.82. The van der Waals surface area contributed by atoms with Gasteiger partial charge in [0.15, 0.2) is 0 Å². The molecule has 2 unspecified atom stereocenters. The van der Waals surface area contributed by atoms with Gasteiger partial charge in [-0.3, -0.25) is 4.90 Å². The van der Waals surface area contributed by atoms with E-state index in [1.807, 2.05) is 7.11 Å². The minimum Gasteiger partial charge on any atom is -0.383 e. The zero-order valence-electron chi connectivity index (χ0n) is 14.0. The molecule has 2 rings (SSSR count). The summed E-state index contributed by atoms with van der Waals surface area (Å²) < 4.78 is 5.34. The number of nitrogens with one attached hydrogen (secondary N) is 1. The van der Waals surface area contributed by atoms with Crippen LogP contribution in [0.5, 0.6) is 0 Å². The molecule has 3 nitrogen and oxygen atoms in total. The van der Waals surface area contributed by atoms with Crippen LogP contribution in [-0.2, 0) is 4.74 Å². The molecule has 1 heterocycles. The van der Waals surface area contributed by atoms with Crippen molar-refractivity contribution in [1.82, 2.24) is 10.2 Å². The zero-order chi connectivity index (χ0) is 14.6. The van der Waals surface area contributed by atoms with Crippen LogP contribution in [0.25, 0.3) is 0 Å². The summed E-state index contributed by atoms with van der Waals surface area (Å²) in [5, 5.41) is 3.83. The van der Waals surface area contributed by atoms with E-state index in [9.17, 15) is 0 Å². The molecular formula is C17H34N2O. The second-order valence-electron chi connectivity index (χ2n) is 7.78. The van der Waals surface area contributed by atoms with Gasteiger partial charge in [0.25, 0.3) is 0 Å². The first-order chi connectivity index (χ1) is 9.52. The summed E-state index contributed by atoms with van der Waals surface area (Å²) >= 11 is 0. The fourth-order valence-corrected chi connectivity index (χ4v) is 3.86. The van der Waals surface area contributed by atoms with Gasteiger partial charge in [-0.25, -0.2) is 0 Å². The highest BCUT2D eigenvalue weighted by atomic mass is 16.5. The first-order valence-electron chi connectivity index (χ1n) is 8.48. The lowest BCUT2D eigenvalue weighted by atomic mass is 9.79. The van der Waals surface area contributed by atoms with E-state index >= 15 is 0 Å². The maximum absolute atomic E-state index is 5.34. The quantitative estimate of drug-likeness (QED) is 0.858. The highest BCUT2D eigenvalue weighted by Gasteiger charge is 2.37. The van der Waals surface area contributed by atoms with Gasteiger partial charge in [0.05, 0.1) is 6.61 Å². The van der Waals surface area contributed by atoms with Crippen LogP contribution >= 0.6 is 0 Å². The van der Waals surface area contributed by atoms with Crippen molar-refractivity contribution in [2.45, 2.75) is 65.0 Å². The van der Waals surface area contributed by atoms with Crippen LogP contribution in [0, 0.1) is 11.3 Å². The Kier molecular flexibility index (Phi) is 5.88. The fourth-order valence-electron chi connectivity index (χ4n) is 3.86. The molecule has 0 spiro atoms. The van der Waals surface area contributed by atoms with Crippen molar-refractivity contribution in [3.05, 3.63) is 0 Å². The molecular weight excluding hydrogens is 248 g/mol. The van der Waals surface area contributed by atoms with Crippen LogP contribution < -0.4 is 5.32 Å². The molecule has 1 aliphatic carbocycles. The predicted molar refractivity (Wildman–Crippen MR) is 85.1 cm³/mol. The summed E-state index contributed by atoms with van der Waals surface area (Å²) in [4.78, 5) is 2.71. The highest BCUT2D eigenvalue weighted by molar-refractivity contribution is 4.94. The summed E-state index contributed by atoms with van der Waals surface area (Å²) in [6, 6.07) is 1.32. The topological polar surface area (TPSA) is 24.5 Å². The molecule has 0 radical (unpaired) electrons. The van der Waals surface area contributed by atoms with E-state index < -0.39 is 0 Å². The summed E-state index contributed by atoms with van der Waals surface area (Å²) in [5.41, 5.74) is 0.336. The zero-order valence-corrected chi connectivity index (χ0v) is 14.0. The Balaban J connectivity index is 1.99. The molecule has 1 saturated carbocycles. The smallest absolute Gasteiger partial charge is 0.0589 e.